The molecule has 2 aliphatic rings. The second kappa shape index (κ2) is 3.74. The van der Waals surface area contributed by atoms with Gasteiger partial charge in [-0.25, -0.2) is 0 Å². The molecule has 98 valence electrons. The van der Waals surface area contributed by atoms with Gasteiger partial charge < -0.3 is 10.1 Å². The van der Waals surface area contributed by atoms with Crippen molar-refractivity contribution in [2.24, 2.45) is 5.41 Å². The maximum absolute atomic E-state index is 5.37. The predicted molar refractivity (Wildman–Crippen MR) is 74.2 cm³/mol. The van der Waals surface area contributed by atoms with Crippen molar-refractivity contribution >= 4 is 0 Å². The quantitative estimate of drug-likeness (QED) is 0.821. The molecule has 0 amide bonds. The first-order valence-corrected chi connectivity index (χ1v) is 6.90. The van der Waals surface area contributed by atoms with Crippen LogP contribution in [0.1, 0.15) is 38.3 Å². The van der Waals surface area contributed by atoms with Gasteiger partial charge in [-0.3, -0.25) is 0 Å². The highest BCUT2D eigenvalue weighted by atomic mass is 16.5. The molecule has 0 saturated carbocycles. The van der Waals surface area contributed by atoms with Gasteiger partial charge in [0.15, 0.2) is 0 Å². The first-order valence-electron chi connectivity index (χ1n) is 6.90. The minimum absolute atomic E-state index is 0.281. The third-order valence-corrected chi connectivity index (χ3v) is 5.64. The molecule has 1 aromatic rings. The third kappa shape index (κ3) is 1.38. The van der Waals surface area contributed by atoms with E-state index in [9.17, 15) is 0 Å². The van der Waals surface area contributed by atoms with Crippen LogP contribution in [0, 0.1) is 5.41 Å². The summed E-state index contributed by atoms with van der Waals surface area (Å²) in [4.78, 5) is 0. The molecule has 1 N–H and O–H groups in total. The van der Waals surface area contributed by atoms with Crippen molar-refractivity contribution in [2.45, 2.75) is 45.1 Å². The van der Waals surface area contributed by atoms with E-state index >= 15 is 0 Å². The van der Waals surface area contributed by atoms with Gasteiger partial charge in [0.2, 0.25) is 0 Å². The Labute approximate surface area is 110 Å². The Kier molecular flexibility index (Phi) is 2.50. The normalized spacial score (nSPS) is 32.8. The zero-order chi connectivity index (χ0) is 13.0. The molecule has 1 aromatic carbocycles. The first kappa shape index (κ1) is 12.0. The topological polar surface area (TPSA) is 21.3 Å². The van der Waals surface area contributed by atoms with Crippen molar-refractivity contribution in [3.05, 3.63) is 29.3 Å². The van der Waals surface area contributed by atoms with Gasteiger partial charge in [0, 0.05) is 11.5 Å². The zero-order valence-corrected chi connectivity index (χ0v) is 11.8. The molecule has 1 aliphatic carbocycles. The smallest absolute Gasteiger partial charge is 0.119 e. The summed E-state index contributed by atoms with van der Waals surface area (Å²) in [6, 6.07) is 7.21. The number of nitrogens with one attached hydrogen (secondary N) is 1. The van der Waals surface area contributed by atoms with Gasteiger partial charge in [0.05, 0.1) is 7.11 Å². The number of piperidine rings is 1. The fourth-order valence-electron chi connectivity index (χ4n) is 3.89. The maximum atomic E-state index is 5.37. The second-order valence-corrected chi connectivity index (χ2v) is 6.54. The molecule has 2 heteroatoms. The van der Waals surface area contributed by atoms with Gasteiger partial charge in [-0.1, -0.05) is 26.8 Å². The lowest BCUT2D eigenvalue weighted by Gasteiger charge is -2.57. The van der Waals surface area contributed by atoms with Crippen LogP contribution in [-0.2, 0) is 11.8 Å². The lowest BCUT2D eigenvalue weighted by Crippen LogP contribution is -2.62. The van der Waals surface area contributed by atoms with E-state index in [1.54, 1.807) is 7.11 Å². The van der Waals surface area contributed by atoms with Gasteiger partial charge in [-0.2, -0.15) is 0 Å². The summed E-state index contributed by atoms with van der Waals surface area (Å²) < 4.78 is 5.37. The summed E-state index contributed by atoms with van der Waals surface area (Å²) in [6.07, 6.45) is 2.34. The summed E-state index contributed by atoms with van der Waals surface area (Å²) in [7, 11) is 1.75. The van der Waals surface area contributed by atoms with Crippen molar-refractivity contribution in [3.63, 3.8) is 0 Å². The molecule has 3 rings (SSSR count). The highest BCUT2D eigenvalue weighted by Crippen LogP contribution is 2.53. The van der Waals surface area contributed by atoms with Crippen molar-refractivity contribution in [2.75, 3.05) is 13.7 Å². The lowest BCUT2D eigenvalue weighted by atomic mass is 9.51. The van der Waals surface area contributed by atoms with Gasteiger partial charge in [-0.05, 0) is 48.1 Å². The minimum Gasteiger partial charge on any atom is -0.497 e. The predicted octanol–water partition coefficient (Wildman–Crippen LogP) is 2.90. The van der Waals surface area contributed by atoms with Crippen LogP contribution >= 0.6 is 0 Å². The molecule has 1 fully saturated rings. The molecule has 0 spiro atoms. The number of methoxy groups -OCH3 is 1. The number of hydrogen-bond donors (Lipinski definition) is 1. The first-order chi connectivity index (χ1) is 8.49. The molecule has 1 saturated heterocycles. The van der Waals surface area contributed by atoms with Crippen molar-refractivity contribution < 1.29 is 4.74 Å². The van der Waals surface area contributed by atoms with E-state index in [4.69, 9.17) is 4.74 Å². The average Bonchev–Trinajstić information content (AvgIpc) is 2.33. The molecule has 2 bridgehead atoms. The molecule has 0 unspecified atom stereocenters. The van der Waals surface area contributed by atoms with Gasteiger partial charge in [-0.15, -0.1) is 0 Å². The van der Waals surface area contributed by atoms with Crippen molar-refractivity contribution in [1.29, 1.82) is 0 Å². The highest BCUT2D eigenvalue weighted by Gasteiger charge is 2.53. The SMILES string of the molecule is COc1ccc2c(c1)C[C@@H]1NCC[C@@]2(C)C1(C)C. The molecule has 2 nitrogen and oxygen atoms in total. The summed E-state index contributed by atoms with van der Waals surface area (Å²) in [5, 5.41) is 3.70. The van der Waals surface area contributed by atoms with Crippen LogP contribution in [0.15, 0.2) is 18.2 Å². The van der Waals surface area contributed by atoms with E-state index < -0.39 is 0 Å². The molecular weight excluding hydrogens is 222 g/mol. The van der Waals surface area contributed by atoms with E-state index in [1.807, 2.05) is 0 Å². The number of hydrogen-bond acceptors (Lipinski definition) is 2. The monoisotopic (exact) mass is 245 g/mol. The Hall–Kier alpha value is -1.02. The minimum atomic E-state index is 0.281. The maximum Gasteiger partial charge on any atom is 0.119 e. The van der Waals surface area contributed by atoms with Gasteiger partial charge >= 0.3 is 0 Å². The van der Waals surface area contributed by atoms with Crippen LogP contribution in [0.4, 0.5) is 0 Å². The van der Waals surface area contributed by atoms with Crippen LogP contribution < -0.4 is 10.1 Å². The van der Waals surface area contributed by atoms with Gasteiger partial charge in [0.25, 0.3) is 0 Å². The van der Waals surface area contributed by atoms with Crippen LogP contribution in [0.2, 0.25) is 0 Å². The molecule has 0 radical (unpaired) electrons. The van der Waals surface area contributed by atoms with Gasteiger partial charge in [0.1, 0.15) is 5.75 Å². The molecule has 0 aromatic heterocycles. The second-order valence-electron chi connectivity index (χ2n) is 6.54. The van der Waals surface area contributed by atoms with Crippen molar-refractivity contribution in [3.8, 4) is 5.75 Å². The fourth-order valence-corrected chi connectivity index (χ4v) is 3.89. The Morgan fingerprint density at radius 1 is 1.28 bits per heavy atom. The molecule has 1 heterocycles. The van der Waals surface area contributed by atoms with Crippen LogP contribution in [0.5, 0.6) is 5.75 Å². The molecular formula is C16H23NO. The molecule has 18 heavy (non-hydrogen) atoms. The largest absolute Gasteiger partial charge is 0.497 e. The molecule has 1 aliphatic heterocycles. The van der Waals surface area contributed by atoms with Crippen LogP contribution in [0.3, 0.4) is 0 Å². The lowest BCUT2D eigenvalue weighted by molar-refractivity contribution is 0.0558. The Morgan fingerprint density at radius 3 is 2.78 bits per heavy atom. The third-order valence-electron chi connectivity index (χ3n) is 5.64. The summed E-state index contributed by atoms with van der Waals surface area (Å²) in [6.45, 7) is 8.40. The summed E-state index contributed by atoms with van der Waals surface area (Å²) in [5.41, 5.74) is 3.59. The number of rotatable bonds is 1. The summed E-state index contributed by atoms with van der Waals surface area (Å²) >= 11 is 0. The Bertz CT molecular complexity index is 480. The van der Waals surface area contributed by atoms with E-state index in [1.165, 1.54) is 17.5 Å². The number of ether oxygens (including phenoxy) is 1. The zero-order valence-electron chi connectivity index (χ0n) is 11.8. The van der Waals surface area contributed by atoms with E-state index in [-0.39, 0.29) is 5.41 Å². The average molecular weight is 245 g/mol. The van der Waals surface area contributed by atoms with Crippen molar-refractivity contribution in [1.82, 2.24) is 5.32 Å². The summed E-state index contributed by atoms with van der Waals surface area (Å²) in [5.74, 6) is 0.982. The fraction of sp³-hybridized carbons (Fsp3) is 0.625. The van der Waals surface area contributed by atoms with E-state index in [0.717, 1.165) is 18.7 Å². The number of benzene rings is 1. The molecule has 2 atom stereocenters. The Balaban J connectivity index is 2.17. The highest BCUT2D eigenvalue weighted by molar-refractivity contribution is 5.45. The van der Waals surface area contributed by atoms with E-state index in [0.29, 0.717) is 11.5 Å². The van der Waals surface area contributed by atoms with Crippen LogP contribution in [0.25, 0.3) is 0 Å². The Morgan fingerprint density at radius 2 is 2.06 bits per heavy atom. The number of fused-ring (bicyclic) bond motifs is 4. The standard InChI is InChI=1S/C16H23NO/c1-15(2)14-10-11-9-12(18-4)5-6-13(11)16(15,3)7-8-17-14/h5-6,9,14,17H,7-8,10H2,1-4H3/t14-,16+/m0/s1. The van der Waals surface area contributed by atoms with Crippen LogP contribution in [-0.4, -0.2) is 19.7 Å². The van der Waals surface area contributed by atoms with E-state index in [2.05, 4.69) is 44.3 Å².